The van der Waals surface area contributed by atoms with E-state index in [9.17, 15) is 8.42 Å². The fraction of sp³-hybridized carbons (Fsp3) is 0.429. The zero-order chi connectivity index (χ0) is 16.1. The quantitative estimate of drug-likeness (QED) is 0.855. The van der Waals surface area contributed by atoms with Gasteiger partial charge in [-0.3, -0.25) is 0 Å². The van der Waals surface area contributed by atoms with Gasteiger partial charge in [0, 0.05) is 11.6 Å². The van der Waals surface area contributed by atoms with Crippen LogP contribution >= 0.6 is 11.5 Å². The Morgan fingerprint density at radius 2 is 2.00 bits per heavy atom. The van der Waals surface area contributed by atoms with Crippen LogP contribution in [0.4, 0.5) is 0 Å². The first kappa shape index (κ1) is 15.2. The first-order chi connectivity index (χ1) is 10.3. The van der Waals surface area contributed by atoms with Gasteiger partial charge in [0.2, 0.25) is 0 Å². The molecule has 2 heterocycles. The lowest BCUT2D eigenvalue weighted by Gasteiger charge is -2.30. The van der Waals surface area contributed by atoms with E-state index in [0.717, 1.165) is 11.5 Å². The molecule has 1 aromatic heterocycles. The number of hydrogen-bond acceptors (Lipinski definition) is 7. The zero-order valence-electron chi connectivity index (χ0n) is 12.7. The third-order valence-electron chi connectivity index (χ3n) is 3.82. The molecular formula is C14H16N2O4S2. The molecule has 1 aliphatic rings. The second-order valence-electron chi connectivity index (χ2n) is 5.40. The van der Waals surface area contributed by atoms with Crippen molar-refractivity contribution < 1.29 is 17.9 Å². The lowest BCUT2D eigenvalue weighted by Crippen LogP contribution is -2.32. The van der Waals surface area contributed by atoms with Gasteiger partial charge >= 0.3 is 0 Å². The highest BCUT2D eigenvalue weighted by Crippen LogP contribution is 2.51. The van der Waals surface area contributed by atoms with Crippen LogP contribution in [0.1, 0.15) is 25.6 Å². The summed E-state index contributed by atoms with van der Waals surface area (Å²) in [4.78, 5) is 0.852. The highest BCUT2D eigenvalue weighted by Gasteiger charge is 2.47. The maximum absolute atomic E-state index is 13.0. The Kier molecular flexibility index (Phi) is 3.41. The molecule has 0 fully saturated rings. The van der Waals surface area contributed by atoms with Crippen molar-refractivity contribution in [2.45, 2.75) is 30.4 Å². The minimum atomic E-state index is -3.57. The average molecular weight is 340 g/mol. The number of rotatable bonds is 3. The minimum absolute atomic E-state index is 0.206. The van der Waals surface area contributed by atoms with Gasteiger partial charge < -0.3 is 9.47 Å². The summed E-state index contributed by atoms with van der Waals surface area (Å²) < 4.78 is 39.6. The molecule has 0 amide bonds. The molecule has 0 atom stereocenters. The molecule has 0 aliphatic carbocycles. The van der Waals surface area contributed by atoms with Gasteiger partial charge in [-0.2, -0.15) is 0 Å². The number of fused-ring (bicyclic) bond motifs is 3. The van der Waals surface area contributed by atoms with Crippen LogP contribution in [0.2, 0.25) is 0 Å². The summed E-state index contributed by atoms with van der Waals surface area (Å²) in [7, 11) is -2.09. The van der Waals surface area contributed by atoms with Gasteiger partial charge in [0.25, 0.3) is 0 Å². The van der Waals surface area contributed by atoms with E-state index in [0.29, 0.717) is 34.2 Å². The van der Waals surface area contributed by atoms with Crippen molar-refractivity contribution in [2.24, 2.45) is 0 Å². The molecule has 3 rings (SSSR count). The van der Waals surface area contributed by atoms with E-state index in [2.05, 4.69) is 9.59 Å². The Morgan fingerprint density at radius 3 is 2.64 bits per heavy atom. The third-order valence-corrected chi connectivity index (χ3v) is 7.46. The summed E-state index contributed by atoms with van der Waals surface area (Å²) in [6, 6.07) is 3.18. The minimum Gasteiger partial charge on any atom is -0.493 e. The van der Waals surface area contributed by atoms with Crippen molar-refractivity contribution in [2.75, 3.05) is 13.7 Å². The van der Waals surface area contributed by atoms with Crippen LogP contribution in [0.5, 0.6) is 11.5 Å². The van der Waals surface area contributed by atoms with E-state index >= 15 is 0 Å². The van der Waals surface area contributed by atoms with Crippen molar-refractivity contribution in [3.8, 4) is 22.8 Å². The van der Waals surface area contributed by atoms with Crippen LogP contribution in [0.15, 0.2) is 17.0 Å². The van der Waals surface area contributed by atoms with Gasteiger partial charge in [-0.1, -0.05) is 4.49 Å². The SMILES string of the molecule is CCOc1cc2c(cc1OC)S(=O)(=O)C(C)(C)c1snnc1-2. The highest BCUT2D eigenvalue weighted by molar-refractivity contribution is 7.92. The van der Waals surface area contributed by atoms with E-state index in [1.807, 2.05) is 6.92 Å². The summed E-state index contributed by atoms with van der Waals surface area (Å²) in [5, 5.41) is 4.12. The van der Waals surface area contributed by atoms with Gasteiger partial charge in [-0.15, -0.1) is 5.10 Å². The second-order valence-corrected chi connectivity index (χ2v) is 8.62. The smallest absolute Gasteiger partial charge is 0.189 e. The predicted molar refractivity (Wildman–Crippen MR) is 83.3 cm³/mol. The van der Waals surface area contributed by atoms with Gasteiger partial charge in [0.1, 0.15) is 10.4 Å². The first-order valence-electron chi connectivity index (χ1n) is 6.77. The number of sulfone groups is 1. The molecule has 0 saturated heterocycles. The molecule has 0 N–H and O–H groups in total. The summed E-state index contributed by atoms with van der Waals surface area (Å²) in [6.45, 7) is 5.66. The van der Waals surface area contributed by atoms with Crippen LogP contribution in [0.3, 0.4) is 0 Å². The summed E-state index contributed by atoms with van der Waals surface area (Å²) >= 11 is 1.12. The fourth-order valence-electron chi connectivity index (χ4n) is 2.54. The van der Waals surface area contributed by atoms with Crippen LogP contribution in [-0.2, 0) is 14.6 Å². The Bertz CT molecular complexity index is 841. The van der Waals surface area contributed by atoms with Gasteiger partial charge in [-0.25, -0.2) is 8.42 Å². The highest BCUT2D eigenvalue weighted by atomic mass is 32.2. The largest absolute Gasteiger partial charge is 0.493 e. The van der Waals surface area contributed by atoms with E-state index in [1.54, 1.807) is 19.9 Å². The lowest BCUT2D eigenvalue weighted by atomic mass is 10.0. The van der Waals surface area contributed by atoms with Gasteiger partial charge in [0.15, 0.2) is 21.3 Å². The molecule has 0 saturated carbocycles. The van der Waals surface area contributed by atoms with Crippen molar-refractivity contribution in [1.82, 2.24) is 9.59 Å². The Morgan fingerprint density at radius 1 is 1.27 bits per heavy atom. The number of hydrogen-bond donors (Lipinski definition) is 0. The first-order valence-corrected chi connectivity index (χ1v) is 9.03. The molecule has 1 aliphatic heterocycles. The fourth-order valence-corrected chi connectivity index (χ4v) is 5.24. The van der Waals surface area contributed by atoms with E-state index in [4.69, 9.17) is 9.47 Å². The Labute approximate surface area is 133 Å². The van der Waals surface area contributed by atoms with Crippen molar-refractivity contribution in [1.29, 1.82) is 0 Å². The topological polar surface area (TPSA) is 78.4 Å². The van der Waals surface area contributed by atoms with Crippen molar-refractivity contribution in [3.63, 3.8) is 0 Å². The zero-order valence-corrected chi connectivity index (χ0v) is 14.3. The molecule has 118 valence electrons. The molecule has 2 aromatic rings. The summed E-state index contributed by atoms with van der Waals surface area (Å²) in [5.74, 6) is 0.893. The summed E-state index contributed by atoms with van der Waals surface area (Å²) in [6.07, 6.45) is 0. The van der Waals surface area contributed by atoms with Crippen LogP contribution in [0, 0.1) is 0 Å². The van der Waals surface area contributed by atoms with Gasteiger partial charge in [-0.05, 0) is 38.4 Å². The molecule has 0 spiro atoms. The van der Waals surface area contributed by atoms with Crippen LogP contribution < -0.4 is 9.47 Å². The molecule has 6 nitrogen and oxygen atoms in total. The third kappa shape index (κ3) is 1.87. The van der Waals surface area contributed by atoms with Gasteiger partial charge in [0.05, 0.1) is 23.5 Å². The molecule has 0 unspecified atom stereocenters. The maximum Gasteiger partial charge on any atom is 0.189 e. The van der Waals surface area contributed by atoms with E-state index in [-0.39, 0.29) is 4.90 Å². The number of aromatic nitrogens is 2. The molecule has 1 aromatic carbocycles. The normalized spacial score (nSPS) is 17.5. The molecule has 0 bridgehead atoms. The molecular weight excluding hydrogens is 324 g/mol. The van der Waals surface area contributed by atoms with Crippen LogP contribution in [0.25, 0.3) is 11.3 Å². The van der Waals surface area contributed by atoms with E-state index < -0.39 is 14.6 Å². The lowest BCUT2D eigenvalue weighted by molar-refractivity contribution is 0.310. The number of methoxy groups -OCH3 is 1. The van der Waals surface area contributed by atoms with Crippen molar-refractivity contribution in [3.05, 3.63) is 17.0 Å². The second kappa shape index (κ2) is 4.92. The molecule has 0 radical (unpaired) electrons. The summed E-state index contributed by atoms with van der Waals surface area (Å²) in [5.41, 5.74) is 1.12. The predicted octanol–water partition coefficient (Wildman–Crippen LogP) is 2.63. The Balaban J connectivity index is 2.38. The molecule has 8 heteroatoms. The average Bonchev–Trinajstić information content (AvgIpc) is 2.96. The number of nitrogens with zero attached hydrogens (tertiary/aromatic N) is 2. The number of ether oxygens (including phenoxy) is 2. The Hall–Kier alpha value is -1.67. The van der Waals surface area contributed by atoms with Crippen molar-refractivity contribution >= 4 is 21.4 Å². The monoisotopic (exact) mass is 340 g/mol. The number of benzene rings is 1. The van der Waals surface area contributed by atoms with Crippen LogP contribution in [-0.4, -0.2) is 31.7 Å². The maximum atomic E-state index is 13.0. The standard InChI is InChI=1S/C14H16N2O4S2/c1-5-20-10-6-8-11(7-9(10)19-4)22(17,18)14(2,3)13-12(8)15-16-21-13/h6-7H,5H2,1-4H3. The van der Waals surface area contributed by atoms with E-state index in [1.165, 1.54) is 13.2 Å². The molecule has 22 heavy (non-hydrogen) atoms.